The van der Waals surface area contributed by atoms with Crippen LogP contribution in [-0.4, -0.2) is 15.9 Å². The molecule has 21 heavy (non-hydrogen) atoms. The normalized spacial score (nSPS) is 14.2. The third-order valence-electron chi connectivity index (χ3n) is 3.92. The highest BCUT2D eigenvalue weighted by Gasteiger charge is 2.34. The zero-order valence-corrected chi connectivity index (χ0v) is 11.8. The van der Waals surface area contributed by atoms with Crippen LogP contribution in [0.5, 0.6) is 0 Å². The quantitative estimate of drug-likeness (QED) is 0.489. The fourth-order valence-corrected chi connectivity index (χ4v) is 2.42. The molecule has 6 heteroatoms. The summed E-state index contributed by atoms with van der Waals surface area (Å²) in [6.07, 6.45) is 3.28. The lowest BCUT2D eigenvalue weighted by Gasteiger charge is -2.06. The lowest BCUT2D eigenvalue weighted by atomic mass is 9.96. The van der Waals surface area contributed by atoms with Crippen molar-refractivity contribution in [2.45, 2.75) is 32.6 Å². The van der Waals surface area contributed by atoms with E-state index >= 15 is 0 Å². The van der Waals surface area contributed by atoms with Crippen molar-refractivity contribution in [1.82, 2.24) is 5.16 Å². The average molecular weight is 286 g/mol. The molecule has 1 fully saturated rings. The van der Waals surface area contributed by atoms with Crippen molar-refractivity contribution in [1.29, 1.82) is 0 Å². The summed E-state index contributed by atoms with van der Waals surface area (Å²) in [5, 5.41) is 15.0. The van der Waals surface area contributed by atoms with E-state index in [1.807, 2.05) is 0 Å². The van der Waals surface area contributed by atoms with Gasteiger partial charge in [0.1, 0.15) is 5.56 Å². The first-order valence-corrected chi connectivity index (χ1v) is 6.74. The number of nitro groups is 1. The van der Waals surface area contributed by atoms with E-state index in [0.29, 0.717) is 16.9 Å². The van der Waals surface area contributed by atoms with Gasteiger partial charge in [-0.2, -0.15) is 0 Å². The van der Waals surface area contributed by atoms with Gasteiger partial charge in [0.25, 0.3) is 5.69 Å². The number of nitrogens with zero attached hydrogens (tertiary/aromatic N) is 2. The summed E-state index contributed by atoms with van der Waals surface area (Å²) in [4.78, 5) is 23.5. The highest BCUT2D eigenvalue weighted by Crippen LogP contribution is 2.42. The number of aryl methyl sites for hydroxylation is 1. The van der Waals surface area contributed by atoms with Crippen molar-refractivity contribution in [3.8, 4) is 0 Å². The number of ketones is 1. The van der Waals surface area contributed by atoms with Crippen LogP contribution < -0.4 is 0 Å². The van der Waals surface area contributed by atoms with Crippen LogP contribution >= 0.6 is 0 Å². The Morgan fingerprint density at radius 3 is 2.67 bits per heavy atom. The predicted molar refractivity (Wildman–Crippen MR) is 74.5 cm³/mol. The molecule has 1 aromatic carbocycles. The fourth-order valence-electron chi connectivity index (χ4n) is 2.42. The van der Waals surface area contributed by atoms with Crippen LogP contribution in [0.3, 0.4) is 0 Å². The molecular weight excluding hydrogens is 272 g/mol. The topological polar surface area (TPSA) is 86.2 Å². The van der Waals surface area contributed by atoms with Gasteiger partial charge in [0.2, 0.25) is 5.78 Å². The molecule has 0 amide bonds. The van der Waals surface area contributed by atoms with E-state index in [9.17, 15) is 14.9 Å². The minimum absolute atomic E-state index is 0.0909. The van der Waals surface area contributed by atoms with Crippen molar-refractivity contribution >= 4 is 11.5 Å². The molecule has 0 atom stereocenters. The Labute approximate surface area is 120 Å². The first-order chi connectivity index (χ1) is 10.0. The van der Waals surface area contributed by atoms with Gasteiger partial charge in [-0.25, -0.2) is 0 Å². The number of rotatable bonds is 4. The summed E-state index contributed by atoms with van der Waals surface area (Å²) in [6, 6.07) is 3.23. The molecule has 1 aliphatic carbocycles. The molecule has 0 N–H and O–H groups in total. The molecule has 0 bridgehead atoms. The van der Waals surface area contributed by atoms with Gasteiger partial charge in [0, 0.05) is 11.5 Å². The second-order valence-electron chi connectivity index (χ2n) is 5.37. The van der Waals surface area contributed by atoms with Gasteiger partial charge in [-0.3, -0.25) is 14.9 Å². The number of carbonyl (C=O) groups excluding carboxylic acids is 1. The van der Waals surface area contributed by atoms with Crippen LogP contribution in [0.15, 0.2) is 22.9 Å². The van der Waals surface area contributed by atoms with Crippen LogP contribution in [-0.2, 0) is 0 Å². The van der Waals surface area contributed by atoms with Gasteiger partial charge in [-0.15, -0.1) is 0 Å². The SMILES string of the molecule is Cc1ccc(C(=O)c2cnoc2C2CC2)c([N+](=O)[O-])c1C. The second-order valence-corrected chi connectivity index (χ2v) is 5.37. The van der Waals surface area contributed by atoms with Crippen molar-refractivity contribution in [2.24, 2.45) is 0 Å². The number of hydrogen-bond acceptors (Lipinski definition) is 5. The summed E-state index contributed by atoms with van der Waals surface area (Å²) in [5.74, 6) is 0.373. The summed E-state index contributed by atoms with van der Waals surface area (Å²) in [6.45, 7) is 3.44. The van der Waals surface area contributed by atoms with Gasteiger partial charge in [0.15, 0.2) is 5.76 Å². The smallest absolute Gasteiger partial charge is 0.283 e. The maximum atomic E-state index is 12.6. The van der Waals surface area contributed by atoms with Crippen LogP contribution in [0.1, 0.15) is 51.6 Å². The van der Waals surface area contributed by atoms with Crippen LogP contribution in [0.4, 0.5) is 5.69 Å². The van der Waals surface area contributed by atoms with Gasteiger partial charge < -0.3 is 4.52 Å². The maximum Gasteiger partial charge on any atom is 0.283 e. The molecule has 0 radical (unpaired) electrons. The van der Waals surface area contributed by atoms with Gasteiger partial charge in [-0.05, 0) is 38.3 Å². The van der Waals surface area contributed by atoms with Gasteiger partial charge in [-0.1, -0.05) is 11.2 Å². The molecule has 1 saturated carbocycles. The van der Waals surface area contributed by atoms with Crippen LogP contribution in [0.2, 0.25) is 0 Å². The lowest BCUT2D eigenvalue weighted by Crippen LogP contribution is -2.08. The molecule has 108 valence electrons. The van der Waals surface area contributed by atoms with Crippen LogP contribution in [0, 0.1) is 24.0 Å². The Morgan fingerprint density at radius 1 is 1.33 bits per heavy atom. The summed E-state index contributed by atoms with van der Waals surface area (Å²) in [7, 11) is 0. The minimum atomic E-state index is -0.500. The van der Waals surface area contributed by atoms with E-state index in [1.54, 1.807) is 19.9 Å². The Hall–Kier alpha value is -2.50. The molecule has 6 nitrogen and oxygen atoms in total. The molecule has 0 spiro atoms. The van der Waals surface area contributed by atoms with Crippen molar-refractivity contribution in [2.75, 3.05) is 0 Å². The number of hydrogen-bond donors (Lipinski definition) is 0. The lowest BCUT2D eigenvalue weighted by molar-refractivity contribution is -0.385. The molecule has 1 aromatic heterocycles. The zero-order valence-electron chi connectivity index (χ0n) is 11.8. The third-order valence-corrected chi connectivity index (χ3v) is 3.92. The van der Waals surface area contributed by atoms with E-state index in [1.165, 1.54) is 12.3 Å². The summed E-state index contributed by atoms with van der Waals surface area (Å²) >= 11 is 0. The fraction of sp³-hybridized carbons (Fsp3) is 0.333. The Morgan fingerprint density at radius 2 is 2.05 bits per heavy atom. The predicted octanol–water partition coefficient (Wildman–Crippen LogP) is 3.31. The highest BCUT2D eigenvalue weighted by molar-refractivity contribution is 6.12. The number of benzene rings is 1. The zero-order chi connectivity index (χ0) is 15.1. The first kappa shape index (κ1) is 13.5. The monoisotopic (exact) mass is 286 g/mol. The molecule has 0 unspecified atom stereocenters. The van der Waals surface area contributed by atoms with E-state index in [2.05, 4.69) is 5.16 Å². The molecule has 0 aliphatic heterocycles. The van der Waals surface area contributed by atoms with E-state index < -0.39 is 10.7 Å². The molecule has 3 rings (SSSR count). The summed E-state index contributed by atoms with van der Waals surface area (Å²) in [5.41, 5.74) is 1.58. The molecular formula is C15H14N2O4. The Kier molecular flexibility index (Phi) is 3.08. The number of aromatic nitrogens is 1. The molecule has 0 saturated heterocycles. The maximum absolute atomic E-state index is 12.6. The van der Waals surface area contributed by atoms with Crippen molar-refractivity contribution < 1.29 is 14.2 Å². The first-order valence-electron chi connectivity index (χ1n) is 6.74. The van der Waals surface area contributed by atoms with Crippen molar-refractivity contribution in [3.63, 3.8) is 0 Å². The Bertz CT molecular complexity index is 744. The standard InChI is InChI=1S/C15H14N2O4/c1-8-3-6-11(13(9(8)2)17(19)20)14(18)12-7-16-21-15(12)10-4-5-10/h3,6-7,10H,4-5H2,1-2H3. The number of nitro benzene ring substituents is 1. The van der Waals surface area contributed by atoms with Gasteiger partial charge >= 0.3 is 0 Å². The average Bonchev–Trinajstić information content (AvgIpc) is 3.17. The third kappa shape index (κ3) is 2.22. The molecule has 2 aromatic rings. The second kappa shape index (κ2) is 4.80. The number of carbonyl (C=O) groups is 1. The largest absolute Gasteiger partial charge is 0.360 e. The summed E-state index contributed by atoms with van der Waals surface area (Å²) < 4.78 is 5.14. The minimum Gasteiger partial charge on any atom is -0.360 e. The van der Waals surface area contributed by atoms with E-state index in [4.69, 9.17) is 4.52 Å². The molecule has 1 aliphatic rings. The molecule has 1 heterocycles. The van der Waals surface area contributed by atoms with E-state index in [0.717, 1.165) is 18.4 Å². The van der Waals surface area contributed by atoms with E-state index in [-0.39, 0.29) is 17.2 Å². The highest BCUT2D eigenvalue weighted by atomic mass is 16.6. The van der Waals surface area contributed by atoms with Gasteiger partial charge in [0.05, 0.1) is 16.7 Å². The van der Waals surface area contributed by atoms with Crippen molar-refractivity contribution in [3.05, 3.63) is 56.5 Å². The Balaban J connectivity index is 2.11. The van der Waals surface area contributed by atoms with Crippen LogP contribution in [0.25, 0.3) is 0 Å².